The van der Waals surface area contributed by atoms with Gasteiger partial charge in [-0.2, -0.15) is 9.61 Å². The second kappa shape index (κ2) is 8.61. The van der Waals surface area contributed by atoms with Crippen LogP contribution in [0, 0.1) is 0 Å². The van der Waals surface area contributed by atoms with Crippen LogP contribution in [0.5, 0.6) is 5.75 Å². The van der Waals surface area contributed by atoms with Crippen molar-refractivity contribution in [1.82, 2.24) is 29.4 Å². The van der Waals surface area contributed by atoms with E-state index in [1.165, 1.54) is 10.9 Å². The summed E-state index contributed by atoms with van der Waals surface area (Å²) < 4.78 is 13.6. The molecule has 0 aliphatic rings. The van der Waals surface area contributed by atoms with Gasteiger partial charge in [-0.1, -0.05) is 35.9 Å². The van der Waals surface area contributed by atoms with Crippen molar-refractivity contribution in [2.75, 3.05) is 14.2 Å². The predicted molar refractivity (Wildman–Crippen MR) is 124 cm³/mol. The average Bonchev–Trinajstić information content (AvgIpc) is 3.20. The van der Waals surface area contributed by atoms with E-state index in [-0.39, 0.29) is 17.7 Å². The lowest BCUT2D eigenvalue weighted by molar-refractivity contribution is 0.181. The highest BCUT2D eigenvalue weighted by Crippen LogP contribution is 2.29. The summed E-state index contributed by atoms with van der Waals surface area (Å²) in [5.74, 6) is 0.748. The molecule has 0 aliphatic carbocycles. The van der Waals surface area contributed by atoms with E-state index in [0.29, 0.717) is 28.6 Å². The molecule has 3 heterocycles. The molecule has 9 nitrogen and oxygen atoms in total. The number of hydrogen-bond donors (Lipinski definition) is 0. The normalized spacial score (nSPS) is 11.4. The van der Waals surface area contributed by atoms with Crippen LogP contribution in [0.4, 0.5) is 0 Å². The summed E-state index contributed by atoms with van der Waals surface area (Å²) in [7, 11) is 3.20. The van der Waals surface area contributed by atoms with Crippen molar-refractivity contribution in [3.05, 3.63) is 81.5 Å². The largest absolute Gasteiger partial charge is 0.497 e. The van der Waals surface area contributed by atoms with Gasteiger partial charge in [-0.25, -0.2) is 4.98 Å². The third-order valence-electron chi connectivity index (χ3n) is 5.30. The highest BCUT2D eigenvalue weighted by atomic mass is 35.5. The van der Waals surface area contributed by atoms with E-state index in [1.807, 2.05) is 36.4 Å². The molecule has 33 heavy (non-hydrogen) atoms. The minimum Gasteiger partial charge on any atom is -0.497 e. The van der Waals surface area contributed by atoms with E-state index in [2.05, 4.69) is 20.3 Å². The molecule has 3 aromatic heterocycles. The number of aromatic nitrogens is 6. The fraction of sp³-hybridized carbons (Fsp3) is 0.174. The van der Waals surface area contributed by atoms with Crippen LogP contribution in [0.1, 0.15) is 11.3 Å². The van der Waals surface area contributed by atoms with Crippen molar-refractivity contribution in [3.63, 3.8) is 0 Å². The first kappa shape index (κ1) is 21.0. The lowest BCUT2D eigenvalue weighted by Crippen LogP contribution is -2.23. The van der Waals surface area contributed by atoms with E-state index in [4.69, 9.17) is 21.1 Å². The molecule has 166 valence electrons. The van der Waals surface area contributed by atoms with Crippen LogP contribution < -0.4 is 10.3 Å². The van der Waals surface area contributed by atoms with Gasteiger partial charge in [0.25, 0.3) is 5.56 Å². The number of rotatable bonds is 6. The Hall–Kier alpha value is -3.82. The Morgan fingerprint density at radius 2 is 1.73 bits per heavy atom. The first-order chi connectivity index (χ1) is 16.1. The molecule has 5 rings (SSSR count). The summed E-state index contributed by atoms with van der Waals surface area (Å²) in [6, 6.07) is 14.8. The number of fused-ring (bicyclic) bond motifs is 3. The Morgan fingerprint density at radius 1 is 0.970 bits per heavy atom. The maximum absolute atomic E-state index is 13.1. The zero-order chi connectivity index (χ0) is 22.9. The van der Waals surface area contributed by atoms with Crippen LogP contribution in [-0.4, -0.2) is 43.6 Å². The minimum atomic E-state index is -0.304. The van der Waals surface area contributed by atoms with Crippen molar-refractivity contribution in [1.29, 1.82) is 0 Å². The number of ether oxygens (including phenoxy) is 2. The quantitative estimate of drug-likeness (QED) is 0.381. The molecule has 0 saturated heterocycles. The number of benzene rings is 2. The van der Waals surface area contributed by atoms with Gasteiger partial charge in [-0.3, -0.25) is 9.36 Å². The molecule has 0 saturated carbocycles. The fourth-order valence-corrected chi connectivity index (χ4v) is 3.82. The van der Waals surface area contributed by atoms with Crippen LogP contribution in [-0.2, 0) is 17.9 Å². The molecule has 5 aromatic rings. The lowest BCUT2D eigenvalue weighted by atomic mass is 10.1. The second-order valence-corrected chi connectivity index (χ2v) is 7.83. The van der Waals surface area contributed by atoms with Gasteiger partial charge in [0, 0.05) is 12.1 Å². The Balaban J connectivity index is 1.63. The number of methoxy groups -OCH3 is 2. The molecule has 2 aromatic carbocycles. The maximum atomic E-state index is 13.1. The summed E-state index contributed by atoms with van der Waals surface area (Å²) in [5.41, 5.74) is 3.85. The van der Waals surface area contributed by atoms with Crippen molar-refractivity contribution in [2.45, 2.75) is 13.2 Å². The molecule has 10 heteroatoms. The summed E-state index contributed by atoms with van der Waals surface area (Å²) in [5, 5.41) is 13.8. The molecule has 0 amide bonds. The monoisotopic (exact) mass is 462 g/mol. The standard InChI is InChI=1S/C23H19ClN6O3/c1-32-12-18-19(15-5-7-16(24)8-6-15)21-27-26-20-22(30(21)28-18)25-13-29(23(20)31)11-14-3-9-17(33-2)10-4-14/h3-10,13H,11-12H2,1-2H3. The zero-order valence-corrected chi connectivity index (χ0v) is 18.7. The van der Waals surface area contributed by atoms with Crippen LogP contribution in [0.15, 0.2) is 59.7 Å². The Morgan fingerprint density at radius 3 is 2.42 bits per heavy atom. The van der Waals surface area contributed by atoms with Crippen LogP contribution in [0.2, 0.25) is 5.02 Å². The third kappa shape index (κ3) is 3.81. The van der Waals surface area contributed by atoms with Crippen LogP contribution >= 0.6 is 11.6 Å². The molecule has 0 atom stereocenters. The van der Waals surface area contributed by atoms with Crippen molar-refractivity contribution in [2.24, 2.45) is 0 Å². The highest BCUT2D eigenvalue weighted by Gasteiger charge is 2.20. The van der Waals surface area contributed by atoms with Crippen molar-refractivity contribution >= 4 is 28.4 Å². The minimum absolute atomic E-state index is 0.132. The molecule has 0 bridgehead atoms. The summed E-state index contributed by atoms with van der Waals surface area (Å²) >= 11 is 6.05. The van der Waals surface area contributed by atoms with Crippen LogP contribution in [0.25, 0.3) is 27.9 Å². The maximum Gasteiger partial charge on any atom is 0.283 e. The van der Waals surface area contributed by atoms with Gasteiger partial charge in [0.05, 0.1) is 31.5 Å². The van der Waals surface area contributed by atoms with E-state index >= 15 is 0 Å². The zero-order valence-electron chi connectivity index (χ0n) is 17.9. The van der Waals surface area contributed by atoms with E-state index < -0.39 is 0 Å². The Bertz CT molecular complexity index is 1510. The van der Waals surface area contributed by atoms with Gasteiger partial charge < -0.3 is 9.47 Å². The molecule has 0 N–H and O–H groups in total. The molecule has 0 aliphatic heterocycles. The van der Waals surface area contributed by atoms with Gasteiger partial charge in [-0.05, 0) is 35.4 Å². The average molecular weight is 463 g/mol. The summed E-state index contributed by atoms with van der Waals surface area (Å²) in [6.45, 7) is 0.604. The fourth-order valence-electron chi connectivity index (χ4n) is 3.69. The summed E-state index contributed by atoms with van der Waals surface area (Å²) in [4.78, 5) is 17.6. The molecular weight excluding hydrogens is 444 g/mol. The number of nitrogens with zero attached hydrogens (tertiary/aromatic N) is 6. The Labute approximate surface area is 193 Å². The predicted octanol–water partition coefficient (Wildman–Crippen LogP) is 3.36. The first-order valence-electron chi connectivity index (χ1n) is 10.1. The summed E-state index contributed by atoms with van der Waals surface area (Å²) in [6.07, 6.45) is 1.50. The van der Waals surface area contributed by atoms with E-state index in [1.54, 1.807) is 30.9 Å². The molecule has 0 fully saturated rings. The van der Waals surface area contributed by atoms with E-state index in [9.17, 15) is 4.79 Å². The second-order valence-electron chi connectivity index (χ2n) is 7.39. The van der Waals surface area contributed by atoms with Crippen molar-refractivity contribution in [3.8, 4) is 16.9 Å². The smallest absolute Gasteiger partial charge is 0.283 e. The topological polar surface area (TPSA) is 96.4 Å². The van der Waals surface area contributed by atoms with Gasteiger partial charge >= 0.3 is 0 Å². The van der Waals surface area contributed by atoms with Gasteiger partial charge in [-0.15, -0.1) is 10.2 Å². The first-order valence-corrected chi connectivity index (χ1v) is 10.5. The van der Waals surface area contributed by atoms with Crippen molar-refractivity contribution < 1.29 is 9.47 Å². The molecular formula is C23H19ClN6O3. The SMILES string of the molecule is COCc1nn2c(nnc3c(=O)n(Cc4ccc(OC)cc4)cnc32)c1-c1ccc(Cl)cc1. The molecule has 0 spiro atoms. The number of halogens is 1. The highest BCUT2D eigenvalue weighted by molar-refractivity contribution is 6.30. The van der Waals surface area contributed by atoms with E-state index in [0.717, 1.165) is 22.4 Å². The third-order valence-corrected chi connectivity index (χ3v) is 5.55. The lowest BCUT2D eigenvalue weighted by Gasteiger charge is -2.07. The number of hydrogen-bond acceptors (Lipinski definition) is 7. The molecule has 0 radical (unpaired) electrons. The van der Waals surface area contributed by atoms with Gasteiger partial charge in [0.1, 0.15) is 12.1 Å². The Kier molecular flexibility index (Phi) is 5.49. The molecule has 0 unspecified atom stereocenters. The van der Waals surface area contributed by atoms with Gasteiger partial charge in [0.15, 0.2) is 16.8 Å². The van der Waals surface area contributed by atoms with Gasteiger partial charge in [0.2, 0.25) is 0 Å². The van der Waals surface area contributed by atoms with Crippen LogP contribution in [0.3, 0.4) is 0 Å².